The first-order valence-corrected chi connectivity index (χ1v) is 6.18. The van der Waals surface area contributed by atoms with Gasteiger partial charge in [-0.15, -0.1) is 0 Å². The Morgan fingerprint density at radius 3 is 2.42 bits per heavy atom. The zero-order chi connectivity index (χ0) is 13.4. The molecule has 3 N–H and O–H groups in total. The van der Waals surface area contributed by atoms with Gasteiger partial charge >= 0.3 is 0 Å². The smallest absolute Gasteiger partial charge is 0.184 e. The van der Waals surface area contributed by atoms with E-state index in [9.17, 15) is 15.3 Å². The summed E-state index contributed by atoms with van der Waals surface area (Å²) in [7, 11) is 0. The van der Waals surface area contributed by atoms with Crippen LogP contribution in [0.25, 0.3) is 0 Å². The average molecular weight is 268 g/mol. The highest BCUT2D eigenvalue weighted by Crippen LogP contribution is 2.33. The highest BCUT2D eigenvalue weighted by molar-refractivity contribution is 5.16. The predicted octanol–water partition coefficient (Wildman–Crippen LogP) is -0.460. The van der Waals surface area contributed by atoms with Crippen molar-refractivity contribution in [2.45, 2.75) is 37.0 Å². The molecule has 0 amide bonds. The highest BCUT2D eigenvalue weighted by atomic mass is 16.7. The van der Waals surface area contributed by atoms with Gasteiger partial charge in [0.25, 0.3) is 0 Å². The van der Waals surface area contributed by atoms with Gasteiger partial charge in [-0.25, -0.2) is 0 Å². The molecule has 6 nitrogen and oxygen atoms in total. The van der Waals surface area contributed by atoms with Crippen molar-refractivity contribution in [3.8, 4) is 0 Å². The van der Waals surface area contributed by atoms with Crippen LogP contribution in [0.15, 0.2) is 30.3 Å². The van der Waals surface area contributed by atoms with Gasteiger partial charge in [-0.2, -0.15) is 0 Å². The molecule has 19 heavy (non-hydrogen) atoms. The number of hydrogen-bond acceptors (Lipinski definition) is 6. The normalized spacial score (nSPS) is 42.7. The van der Waals surface area contributed by atoms with E-state index in [1.165, 1.54) is 0 Å². The van der Waals surface area contributed by atoms with Crippen molar-refractivity contribution in [3.05, 3.63) is 35.9 Å². The highest BCUT2D eigenvalue weighted by Gasteiger charge is 2.48. The molecule has 2 fully saturated rings. The van der Waals surface area contributed by atoms with Crippen LogP contribution < -0.4 is 0 Å². The molecule has 2 saturated heterocycles. The molecule has 2 aliphatic heterocycles. The SMILES string of the molecule is OC1O[C@@H]2CO[C@@H](c3ccccc3)O[C@H]2[C@H](O)[C@@H]1O. The van der Waals surface area contributed by atoms with Gasteiger partial charge in [0.1, 0.15) is 24.4 Å². The molecule has 1 aromatic carbocycles. The molecule has 0 aromatic heterocycles. The van der Waals surface area contributed by atoms with Gasteiger partial charge in [0.15, 0.2) is 12.6 Å². The van der Waals surface area contributed by atoms with E-state index in [1.807, 2.05) is 30.3 Å². The Bertz CT molecular complexity index is 422. The molecule has 0 spiro atoms. The maximum absolute atomic E-state index is 9.94. The zero-order valence-corrected chi connectivity index (χ0v) is 10.1. The van der Waals surface area contributed by atoms with E-state index >= 15 is 0 Å². The maximum atomic E-state index is 9.94. The summed E-state index contributed by atoms with van der Waals surface area (Å²) < 4.78 is 16.3. The molecule has 1 unspecified atom stereocenters. The van der Waals surface area contributed by atoms with Gasteiger partial charge < -0.3 is 29.5 Å². The second-order valence-electron chi connectivity index (χ2n) is 4.72. The van der Waals surface area contributed by atoms with Crippen molar-refractivity contribution >= 4 is 0 Å². The summed E-state index contributed by atoms with van der Waals surface area (Å²) in [5.74, 6) is 0. The van der Waals surface area contributed by atoms with Gasteiger partial charge in [0.05, 0.1) is 6.61 Å². The van der Waals surface area contributed by atoms with Gasteiger partial charge in [-0.3, -0.25) is 0 Å². The third-order valence-electron chi connectivity index (χ3n) is 3.42. The van der Waals surface area contributed by atoms with E-state index in [0.29, 0.717) is 0 Å². The number of benzene rings is 1. The van der Waals surface area contributed by atoms with Gasteiger partial charge in [-0.05, 0) is 0 Å². The van der Waals surface area contributed by atoms with Crippen molar-refractivity contribution in [3.63, 3.8) is 0 Å². The Kier molecular flexibility index (Phi) is 3.53. The lowest BCUT2D eigenvalue weighted by atomic mass is 9.98. The van der Waals surface area contributed by atoms with Crippen LogP contribution in [0.3, 0.4) is 0 Å². The van der Waals surface area contributed by atoms with E-state index in [-0.39, 0.29) is 6.61 Å². The molecule has 2 heterocycles. The van der Waals surface area contributed by atoms with Crippen LogP contribution in [0.2, 0.25) is 0 Å². The van der Waals surface area contributed by atoms with Crippen molar-refractivity contribution in [2.75, 3.05) is 6.61 Å². The lowest BCUT2D eigenvalue weighted by Gasteiger charge is -2.45. The second-order valence-corrected chi connectivity index (χ2v) is 4.72. The standard InChI is InChI=1S/C13H16O6/c14-9-10(15)12(16)18-8-6-17-13(19-11(8)9)7-4-2-1-3-5-7/h1-5,8-16H,6H2/t8-,9-,10+,11-,12?,13-/m1/s1. The Labute approximate surface area is 110 Å². The van der Waals surface area contributed by atoms with E-state index < -0.39 is 37.0 Å². The maximum Gasteiger partial charge on any atom is 0.184 e. The molecule has 2 aliphatic rings. The molecular weight excluding hydrogens is 252 g/mol. The molecule has 0 saturated carbocycles. The van der Waals surface area contributed by atoms with E-state index in [1.54, 1.807) is 0 Å². The first-order chi connectivity index (χ1) is 9.16. The van der Waals surface area contributed by atoms with Crippen LogP contribution >= 0.6 is 0 Å². The van der Waals surface area contributed by atoms with Gasteiger partial charge in [0, 0.05) is 5.56 Å². The first-order valence-electron chi connectivity index (χ1n) is 6.18. The van der Waals surface area contributed by atoms with Crippen molar-refractivity contribution in [1.29, 1.82) is 0 Å². The summed E-state index contributed by atoms with van der Waals surface area (Å²) in [6.07, 6.45) is -5.93. The lowest BCUT2D eigenvalue weighted by molar-refractivity contribution is -0.354. The van der Waals surface area contributed by atoms with Crippen molar-refractivity contribution in [1.82, 2.24) is 0 Å². The summed E-state index contributed by atoms with van der Waals surface area (Å²) in [6.45, 7) is 0.186. The molecule has 1 aromatic rings. The predicted molar refractivity (Wildman–Crippen MR) is 62.9 cm³/mol. The first kappa shape index (κ1) is 13.0. The van der Waals surface area contributed by atoms with Crippen LogP contribution in [0.4, 0.5) is 0 Å². The Morgan fingerprint density at radius 2 is 1.68 bits per heavy atom. The Hall–Kier alpha value is -1.02. The third kappa shape index (κ3) is 2.38. The minimum Gasteiger partial charge on any atom is -0.387 e. The fourth-order valence-electron chi connectivity index (χ4n) is 2.37. The molecule has 0 bridgehead atoms. The van der Waals surface area contributed by atoms with Crippen LogP contribution in [0, 0.1) is 0 Å². The van der Waals surface area contributed by atoms with Crippen molar-refractivity contribution in [2.24, 2.45) is 0 Å². The van der Waals surface area contributed by atoms with Crippen LogP contribution in [0.5, 0.6) is 0 Å². The molecule has 6 atom stereocenters. The van der Waals surface area contributed by atoms with Gasteiger partial charge in [0.2, 0.25) is 0 Å². The number of aliphatic hydroxyl groups is 3. The third-order valence-corrected chi connectivity index (χ3v) is 3.42. The number of hydrogen-bond donors (Lipinski definition) is 3. The molecule has 3 rings (SSSR count). The van der Waals surface area contributed by atoms with Crippen LogP contribution in [-0.4, -0.2) is 52.6 Å². The second kappa shape index (κ2) is 5.16. The fraction of sp³-hybridized carbons (Fsp3) is 0.538. The van der Waals surface area contributed by atoms with Crippen LogP contribution in [-0.2, 0) is 14.2 Å². The zero-order valence-electron chi connectivity index (χ0n) is 10.1. The average Bonchev–Trinajstić information content (AvgIpc) is 2.46. The summed E-state index contributed by atoms with van der Waals surface area (Å²) >= 11 is 0. The summed E-state index contributed by atoms with van der Waals surface area (Å²) in [4.78, 5) is 0. The largest absolute Gasteiger partial charge is 0.387 e. The lowest BCUT2D eigenvalue weighted by Crippen LogP contribution is -2.61. The minimum atomic E-state index is -1.42. The Balaban J connectivity index is 1.75. The molecular formula is C13H16O6. The van der Waals surface area contributed by atoms with E-state index in [4.69, 9.17) is 14.2 Å². The van der Waals surface area contributed by atoms with Gasteiger partial charge in [-0.1, -0.05) is 30.3 Å². The Morgan fingerprint density at radius 1 is 0.947 bits per heavy atom. The molecule has 104 valence electrons. The number of rotatable bonds is 1. The molecule has 6 heteroatoms. The molecule has 0 radical (unpaired) electrons. The minimum absolute atomic E-state index is 0.186. The monoisotopic (exact) mass is 268 g/mol. The van der Waals surface area contributed by atoms with Crippen molar-refractivity contribution < 1.29 is 29.5 Å². The summed E-state index contributed by atoms with van der Waals surface area (Å²) in [5.41, 5.74) is 0.828. The summed E-state index contributed by atoms with van der Waals surface area (Å²) in [6, 6.07) is 9.31. The topological polar surface area (TPSA) is 88.4 Å². The quantitative estimate of drug-likeness (QED) is 0.639. The van der Waals surface area contributed by atoms with E-state index in [0.717, 1.165) is 5.56 Å². The number of aliphatic hydroxyl groups excluding tert-OH is 3. The van der Waals surface area contributed by atoms with Crippen LogP contribution in [0.1, 0.15) is 11.9 Å². The number of fused-ring (bicyclic) bond motifs is 1. The molecule has 0 aliphatic carbocycles. The summed E-state index contributed by atoms with van der Waals surface area (Å²) in [5, 5.41) is 29.0. The van der Waals surface area contributed by atoms with E-state index in [2.05, 4.69) is 0 Å². The number of ether oxygens (including phenoxy) is 3. The fourth-order valence-corrected chi connectivity index (χ4v) is 2.37.